The molecule has 0 unspecified atom stereocenters. The first-order chi connectivity index (χ1) is 11.1. The van der Waals surface area contributed by atoms with Gasteiger partial charge >= 0.3 is 0 Å². The Balaban J connectivity index is 1.82. The summed E-state index contributed by atoms with van der Waals surface area (Å²) < 4.78 is 10.1. The molecule has 0 saturated carbocycles. The van der Waals surface area contributed by atoms with Crippen molar-refractivity contribution in [3.05, 3.63) is 29.8 Å². The molecule has 2 rings (SSSR count). The monoisotopic (exact) mass is 320 g/mol. The van der Waals surface area contributed by atoms with E-state index in [1.807, 2.05) is 24.3 Å². The van der Waals surface area contributed by atoms with E-state index in [2.05, 4.69) is 5.32 Å². The highest BCUT2D eigenvalue weighted by Crippen LogP contribution is 2.21. The fourth-order valence-electron chi connectivity index (χ4n) is 2.62. The van der Waals surface area contributed by atoms with Gasteiger partial charge in [0, 0.05) is 39.8 Å². The van der Waals surface area contributed by atoms with Gasteiger partial charge in [-0.05, 0) is 24.1 Å². The molecular formula is C17H24N2O4. The molecule has 1 heterocycles. The van der Waals surface area contributed by atoms with Crippen LogP contribution in [0.25, 0.3) is 0 Å². The summed E-state index contributed by atoms with van der Waals surface area (Å²) in [7, 11) is 3.25. The smallest absolute Gasteiger partial charge is 0.225 e. The first kappa shape index (κ1) is 17.3. The van der Waals surface area contributed by atoms with Crippen LogP contribution < -0.4 is 10.1 Å². The lowest BCUT2D eigenvalue weighted by Gasteiger charge is -2.17. The Morgan fingerprint density at radius 2 is 2.04 bits per heavy atom. The van der Waals surface area contributed by atoms with Crippen LogP contribution in [0.2, 0.25) is 0 Å². The third-order valence-electron chi connectivity index (χ3n) is 3.94. The summed E-state index contributed by atoms with van der Waals surface area (Å²) in [5.41, 5.74) is 1.03. The summed E-state index contributed by atoms with van der Waals surface area (Å²) in [6.07, 6.45) is 1.06. The van der Waals surface area contributed by atoms with Crippen molar-refractivity contribution in [3.8, 4) is 5.75 Å². The topological polar surface area (TPSA) is 67.9 Å². The van der Waals surface area contributed by atoms with Gasteiger partial charge in [0.05, 0.1) is 13.0 Å². The van der Waals surface area contributed by atoms with Crippen LogP contribution in [-0.2, 0) is 20.9 Å². The highest BCUT2D eigenvalue weighted by Gasteiger charge is 2.33. The molecule has 1 atom stereocenters. The zero-order valence-electron chi connectivity index (χ0n) is 13.7. The van der Waals surface area contributed by atoms with Gasteiger partial charge in [0.1, 0.15) is 5.75 Å². The SMILES string of the molecule is COCCCNC(=O)[C@@H]1CC(=O)N(Cc2ccc(OC)cc2)C1. The third-order valence-corrected chi connectivity index (χ3v) is 3.94. The maximum absolute atomic E-state index is 12.1. The second-order valence-electron chi connectivity index (χ2n) is 5.66. The highest BCUT2D eigenvalue weighted by molar-refractivity contribution is 5.89. The van der Waals surface area contributed by atoms with Gasteiger partial charge in [0.25, 0.3) is 0 Å². The predicted molar refractivity (Wildman–Crippen MR) is 86.0 cm³/mol. The van der Waals surface area contributed by atoms with E-state index in [4.69, 9.17) is 9.47 Å². The van der Waals surface area contributed by atoms with Crippen LogP contribution in [0.4, 0.5) is 0 Å². The largest absolute Gasteiger partial charge is 0.497 e. The maximum atomic E-state index is 12.1. The average Bonchev–Trinajstić information content (AvgIpc) is 2.93. The van der Waals surface area contributed by atoms with Crippen molar-refractivity contribution in [2.45, 2.75) is 19.4 Å². The number of ether oxygens (including phenoxy) is 2. The molecule has 1 aromatic rings. The quantitative estimate of drug-likeness (QED) is 0.731. The molecule has 1 aromatic carbocycles. The van der Waals surface area contributed by atoms with Crippen LogP contribution in [0.15, 0.2) is 24.3 Å². The van der Waals surface area contributed by atoms with E-state index in [-0.39, 0.29) is 24.2 Å². The van der Waals surface area contributed by atoms with Crippen LogP contribution in [0, 0.1) is 5.92 Å². The van der Waals surface area contributed by atoms with Crippen LogP contribution in [0.5, 0.6) is 5.75 Å². The van der Waals surface area contributed by atoms with Crippen molar-refractivity contribution in [2.24, 2.45) is 5.92 Å². The van der Waals surface area contributed by atoms with Gasteiger partial charge in [-0.1, -0.05) is 12.1 Å². The Hall–Kier alpha value is -2.08. The lowest BCUT2D eigenvalue weighted by Crippen LogP contribution is -2.33. The van der Waals surface area contributed by atoms with Gasteiger partial charge in [0.2, 0.25) is 11.8 Å². The molecule has 2 amide bonds. The summed E-state index contributed by atoms with van der Waals surface area (Å²) in [5, 5.41) is 2.87. The molecule has 0 radical (unpaired) electrons. The summed E-state index contributed by atoms with van der Waals surface area (Å²) in [6.45, 7) is 2.20. The molecule has 1 N–H and O–H groups in total. The van der Waals surface area contributed by atoms with E-state index in [1.54, 1.807) is 19.1 Å². The zero-order valence-corrected chi connectivity index (χ0v) is 13.7. The van der Waals surface area contributed by atoms with Crippen molar-refractivity contribution < 1.29 is 19.1 Å². The summed E-state index contributed by atoms with van der Waals surface area (Å²) in [4.78, 5) is 25.9. The molecule has 0 aromatic heterocycles. The molecule has 0 aliphatic carbocycles. The summed E-state index contributed by atoms with van der Waals surface area (Å²) in [5.74, 6) is 0.502. The Morgan fingerprint density at radius 3 is 2.70 bits per heavy atom. The number of hydrogen-bond donors (Lipinski definition) is 1. The molecule has 1 saturated heterocycles. The van der Waals surface area contributed by atoms with Crippen LogP contribution in [-0.4, -0.2) is 50.6 Å². The van der Waals surface area contributed by atoms with Crippen molar-refractivity contribution in [3.63, 3.8) is 0 Å². The van der Waals surface area contributed by atoms with Gasteiger partial charge in [-0.15, -0.1) is 0 Å². The number of nitrogens with one attached hydrogen (secondary N) is 1. The molecule has 1 aliphatic rings. The van der Waals surface area contributed by atoms with Crippen LogP contribution >= 0.6 is 0 Å². The Bertz CT molecular complexity index is 530. The number of rotatable bonds is 8. The number of nitrogens with zero attached hydrogens (tertiary/aromatic N) is 1. The molecule has 1 fully saturated rings. The molecule has 0 bridgehead atoms. The standard InChI is InChI=1S/C17H24N2O4/c1-22-9-3-8-18-17(21)14-10-16(20)19(12-14)11-13-4-6-15(23-2)7-5-13/h4-7,14H,3,8-12H2,1-2H3,(H,18,21)/t14-/m1/s1. The van der Waals surface area contributed by atoms with E-state index in [9.17, 15) is 9.59 Å². The number of methoxy groups -OCH3 is 2. The second kappa shape index (κ2) is 8.53. The van der Waals surface area contributed by atoms with Crippen LogP contribution in [0.1, 0.15) is 18.4 Å². The number of hydrogen-bond acceptors (Lipinski definition) is 4. The zero-order chi connectivity index (χ0) is 16.7. The number of carbonyl (C=O) groups is 2. The minimum absolute atomic E-state index is 0.0258. The molecule has 126 valence electrons. The summed E-state index contributed by atoms with van der Waals surface area (Å²) in [6, 6.07) is 7.61. The van der Waals surface area contributed by atoms with Crippen molar-refractivity contribution in [1.82, 2.24) is 10.2 Å². The molecule has 1 aliphatic heterocycles. The molecule has 23 heavy (non-hydrogen) atoms. The first-order valence-corrected chi connectivity index (χ1v) is 7.81. The second-order valence-corrected chi connectivity index (χ2v) is 5.66. The normalized spacial score (nSPS) is 17.4. The van der Waals surface area contributed by atoms with E-state index >= 15 is 0 Å². The minimum atomic E-state index is -0.261. The van der Waals surface area contributed by atoms with Gasteiger partial charge in [-0.2, -0.15) is 0 Å². The lowest BCUT2D eigenvalue weighted by atomic mass is 10.1. The van der Waals surface area contributed by atoms with Crippen molar-refractivity contribution in [2.75, 3.05) is 33.9 Å². The maximum Gasteiger partial charge on any atom is 0.225 e. The number of amides is 2. The van der Waals surface area contributed by atoms with E-state index in [0.717, 1.165) is 17.7 Å². The number of benzene rings is 1. The summed E-state index contributed by atoms with van der Waals surface area (Å²) >= 11 is 0. The Labute approximate surface area is 136 Å². The lowest BCUT2D eigenvalue weighted by molar-refractivity contribution is -0.129. The highest BCUT2D eigenvalue weighted by atomic mass is 16.5. The fraction of sp³-hybridized carbons (Fsp3) is 0.529. The first-order valence-electron chi connectivity index (χ1n) is 7.81. The molecule has 0 spiro atoms. The van der Waals surface area contributed by atoms with Crippen molar-refractivity contribution in [1.29, 1.82) is 0 Å². The Kier molecular flexibility index (Phi) is 6.40. The fourth-order valence-corrected chi connectivity index (χ4v) is 2.62. The Morgan fingerprint density at radius 1 is 1.30 bits per heavy atom. The van der Waals surface area contributed by atoms with Gasteiger partial charge < -0.3 is 19.7 Å². The van der Waals surface area contributed by atoms with Crippen molar-refractivity contribution >= 4 is 11.8 Å². The molecule has 6 heteroatoms. The predicted octanol–water partition coefficient (Wildman–Crippen LogP) is 1.20. The van der Waals surface area contributed by atoms with Gasteiger partial charge in [0.15, 0.2) is 0 Å². The van der Waals surface area contributed by atoms with Gasteiger partial charge in [-0.3, -0.25) is 9.59 Å². The molecule has 6 nitrogen and oxygen atoms in total. The van der Waals surface area contributed by atoms with Gasteiger partial charge in [-0.25, -0.2) is 0 Å². The van der Waals surface area contributed by atoms with E-state index in [1.165, 1.54) is 0 Å². The number of likely N-dealkylation sites (tertiary alicyclic amines) is 1. The van der Waals surface area contributed by atoms with E-state index in [0.29, 0.717) is 26.2 Å². The average molecular weight is 320 g/mol. The number of carbonyl (C=O) groups excluding carboxylic acids is 2. The minimum Gasteiger partial charge on any atom is -0.497 e. The third kappa shape index (κ3) is 4.96. The molecular weight excluding hydrogens is 296 g/mol. The van der Waals surface area contributed by atoms with Crippen LogP contribution in [0.3, 0.4) is 0 Å². The van der Waals surface area contributed by atoms with E-state index < -0.39 is 0 Å².